The maximum Gasteiger partial charge on any atom is 0.110 e. The van der Waals surface area contributed by atoms with E-state index < -0.39 is 0 Å². The molecule has 0 amide bonds. The van der Waals surface area contributed by atoms with Gasteiger partial charge in [-0.1, -0.05) is 35.3 Å². The summed E-state index contributed by atoms with van der Waals surface area (Å²) in [5, 5.41) is 9.97. The van der Waals surface area contributed by atoms with Gasteiger partial charge in [0.25, 0.3) is 0 Å². The molecule has 0 fully saturated rings. The van der Waals surface area contributed by atoms with E-state index in [9.17, 15) is 0 Å². The fourth-order valence-corrected chi connectivity index (χ4v) is 3.96. The van der Waals surface area contributed by atoms with Crippen LogP contribution in [-0.2, 0) is 13.0 Å². The van der Waals surface area contributed by atoms with Gasteiger partial charge in [0, 0.05) is 29.4 Å². The first-order chi connectivity index (χ1) is 10.7. The predicted molar refractivity (Wildman–Crippen MR) is 96.2 cm³/mol. The molecule has 0 saturated heterocycles. The molecule has 22 heavy (non-hydrogen) atoms. The summed E-state index contributed by atoms with van der Waals surface area (Å²) in [6, 6.07) is 10.2. The lowest BCUT2D eigenvalue weighted by molar-refractivity contribution is 0.531. The van der Waals surface area contributed by atoms with Crippen LogP contribution < -0.4 is 5.32 Å². The summed E-state index contributed by atoms with van der Waals surface area (Å²) in [5.41, 5.74) is 1.11. The van der Waals surface area contributed by atoms with E-state index in [0.29, 0.717) is 10.0 Å². The Morgan fingerprint density at radius 3 is 2.68 bits per heavy atom. The van der Waals surface area contributed by atoms with Gasteiger partial charge in [0.15, 0.2) is 0 Å². The van der Waals surface area contributed by atoms with E-state index in [1.807, 2.05) is 29.8 Å². The van der Waals surface area contributed by atoms with Crippen molar-refractivity contribution in [2.75, 3.05) is 0 Å². The van der Waals surface area contributed by atoms with Gasteiger partial charge in [-0.25, -0.2) is 4.98 Å². The Kier molecular flexibility index (Phi) is 5.50. The van der Waals surface area contributed by atoms with Gasteiger partial charge in [-0.15, -0.1) is 22.7 Å². The van der Waals surface area contributed by atoms with Crippen molar-refractivity contribution in [3.8, 4) is 0 Å². The van der Waals surface area contributed by atoms with Crippen molar-refractivity contribution in [3.05, 3.63) is 72.8 Å². The molecule has 3 rings (SSSR count). The van der Waals surface area contributed by atoms with Gasteiger partial charge in [0.1, 0.15) is 5.01 Å². The highest BCUT2D eigenvalue weighted by atomic mass is 35.5. The van der Waals surface area contributed by atoms with Crippen molar-refractivity contribution in [2.45, 2.75) is 19.0 Å². The van der Waals surface area contributed by atoms with Crippen LogP contribution in [0.3, 0.4) is 0 Å². The van der Waals surface area contributed by atoms with Gasteiger partial charge in [0.2, 0.25) is 0 Å². The van der Waals surface area contributed by atoms with Crippen LogP contribution in [0.2, 0.25) is 10.0 Å². The molecule has 1 unspecified atom stereocenters. The molecule has 2 aromatic heterocycles. The molecule has 0 aliphatic carbocycles. The second kappa shape index (κ2) is 7.57. The highest BCUT2D eigenvalue weighted by molar-refractivity contribution is 7.10. The number of benzene rings is 1. The Labute approximate surface area is 147 Å². The van der Waals surface area contributed by atoms with Crippen LogP contribution in [-0.4, -0.2) is 4.98 Å². The average Bonchev–Trinajstić information content (AvgIpc) is 3.19. The number of halogens is 2. The molecule has 2 heterocycles. The smallest absolute Gasteiger partial charge is 0.110 e. The summed E-state index contributed by atoms with van der Waals surface area (Å²) < 4.78 is 0. The number of hydrogen-bond acceptors (Lipinski definition) is 4. The molecule has 3 aromatic rings. The van der Waals surface area contributed by atoms with Gasteiger partial charge in [0.05, 0.1) is 16.1 Å². The standard InChI is InChI=1S/C16H14Cl2N2S2/c17-13-4-3-11(8-14(13)18)10-20-15(16-19-5-7-22-16)9-12-2-1-6-21-12/h1-8,15,20H,9-10H2. The van der Waals surface area contributed by atoms with Crippen molar-refractivity contribution in [1.29, 1.82) is 0 Å². The summed E-state index contributed by atoms with van der Waals surface area (Å²) in [4.78, 5) is 5.80. The maximum atomic E-state index is 6.08. The Bertz CT molecular complexity index is 712. The molecule has 2 nitrogen and oxygen atoms in total. The molecule has 1 atom stereocenters. The summed E-state index contributed by atoms with van der Waals surface area (Å²) in [5.74, 6) is 0. The summed E-state index contributed by atoms with van der Waals surface area (Å²) in [7, 11) is 0. The second-order valence-electron chi connectivity index (χ2n) is 4.84. The minimum absolute atomic E-state index is 0.202. The first-order valence-electron chi connectivity index (χ1n) is 6.81. The average molecular weight is 369 g/mol. The fourth-order valence-electron chi connectivity index (χ4n) is 2.17. The predicted octanol–water partition coefficient (Wildman–Crippen LogP) is 5.59. The van der Waals surface area contributed by atoms with E-state index in [0.717, 1.165) is 23.5 Å². The zero-order valence-corrected chi connectivity index (χ0v) is 14.8. The summed E-state index contributed by atoms with van der Waals surface area (Å²) in [6.07, 6.45) is 2.79. The van der Waals surface area contributed by atoms with E-state index in [-0.39, 0.29) is 6.04 Å². The molecule has 114 valence electrons. The molecule has 0 aliphatic heterocycles. The Balaban J connectivity index is 1.71. The lowest BCUT2D eigenvalue weighted by Crippen LogP contribution is -2.22. The Hall–Kier alpha value is -0.910. The number of nitrogens with one attached hydrogen (secondary N) is 1. The Morgan fingerprint density at radius 2 is 2.00 bits per heavy atom. The minimum Gasteiger partial charge on any atom is -0.304 e. The summed E-state index contributed by atoms with van der Waals surface area (Å²) in [6.45, 7) is 0.729. The minimum atomic E-state index is 0.202. The number of hydrogen-bond donors (Lipinski definition) is 1. The first kappa shape index (κ1) is 16.0. The van der Waals surface area contributed by atoms with Crippen LogP contribution in [0.4, 0.5) is 0 Å². The molecule has 0 bridgehead atoms. The van der Waals surface area contributed by atoms with Crippen LogP contribution in [0, 0.1) is 0 Å². The molecular weight excluding hydrogens is 355 g/mol. The van der Waals surface area contributed by atoms with Crippen LogP contribution in [0.1, 0.15) is 21.5 Å². The van der Waals surface area contributed by atoms with Gasteiger partial charge < -0.3 is 5.32 Å². The van der Waals surface area contributed by atoms with E-state index in [1.165, 1.54) is 4.88 Å². The van der Waals surface area contributed by atoms with Crippen molar-refractivity contribution in [1.82, 2.24) is 10.3 Å². The van der Waals surface area contributed by atoms with Gasteiger partial charge >= 0.3 is 0 Å². The Morgan fingerprint density at radius 1 is 1.09 bits per heavy atom. The third kappa shape index (κ3) is 4.09. The van der Waals surface area contributed by atoms with Crippen molar-refractivity contribution in [3.63, 3.8) is 0 Å². The van der Waals surface area contributed by atoms with Crippen molar-refractivity contribution >= 4 is 45.9 Å². The topological polar surface area (TPSA) is 24.9 Å². The maximum absolute atomic E-state index is 6.08. The normalized spacial score (nSPS) is 12.5. The monoisotopic (exact) mass is 368 g/mol. The van der Waals surface area contributed by atoms with E-state index in [2.05, 4.69) is 27.8 Å². The molecule has 0 spiro atoms. The van der Waals surface area contributed by atoms with Crippen LogP contribution in [0.5, 0.6) is 0 Å². The molecule has 1 N–H and O–H groups in total. The molecule has 1 aromatic carbocycles. The number of thiazole rings is 1. The zero-order valence-electron chi connectivity index (χ0n) is 11.6. The van der Waals surface area contributed by atoms with Crippen LogP contribution >= 0.6 is 45.9 Å². The van der Waals surface area contributed by atoms with E-state index in [1.54, 1.807) is 22.7 Å². The zero-order chi connectivity index (χ0) is 15.4. The third-order valence-corrected chi connectivity index (χ3v) is 5.80. The first-order valence-corrected chi connectivity index (χ1v) is 9.33. The fraction of sp³-hybridized carbons (Fsp3) is 0.188. The van der Waals surface area contributed by atoms with Gasteiger partial charge in [-0.2, -0.15) is 0 Å². The molecule has 0 saturated carbocycles. The highest BCUT2D eigenvalue weighted by Gasteiger charge is 2.15. The molecule has 6 heteroatoms. The van der Waals surface area contributed by atoms with E-state index in [4.69, 9.17) is 23.2 Å². The lowest BCUT2D eigenvalue weighted by Gasteiger charge is -2.16. The summed E-state index contributed by atoms with van der Waals surface area (Å²) >= 11 is 15.5. The van der Waals surface area contributed by atoms with Crippen molar-refractivity contribution < 1.29 is 0 Å². The number of rotatable bonds is 6. The van der Waals surface area contributed by atoms with Crippen LogP contribution in [0.25, 0.3) is 0 Å². The quantitative estimate of drug-likeness (QED) is 0.613. The molecule has 0 aliphatic rings. The van der Waals surface area contributed by atoms with E-state index >= 15 is 0 Å². The third-order valence-electron chi connectivity index (χ3n) is 3.27. The highest BCUT2D eigenvalue weighted by Crippen LogP contribution is 2.25. The molecular formula is C16H14Cl2N2S2. The van der Waals surface area contributed by atoms with Crippen molar-refractivity contribution in [2.24, 2.45) is 0 Å². The lowest BCUT2D eigenvalue weighted by atomic mass is 10.1. The van der Waals surface area contributed by atoms with Crippen LogP contribution in [0.15, 0.2) is 47.3 Å². The largest absolute Gasteiger partial charge is 0.304 e. The van der Waals surface area contributed by atoms with Gasteiger partial charge in [-0.3, -0.25) is 0 Å². The number of nitrogens with zero attached hydrogens (tertiary/aromatic N) is 1. The van der Waals surface area contributed by atoms with Gasteiger partial charge in [-0.05, 0) is 29.1 Å². The second-order valence-corrected chi connectivity index (χ2v) is 7.61. The number of aromatic nitrogens is 1. The number of thiophene rings is 1. The SMILES string of the molecule is Clc1ccc(CNC(Cc2cccs2)c2nccs2)cc1Cl. The molecule has 0 radical (unpaired) electrons.